The van der Waals surface area contributed by atoms with Crippen LogP contribution in [0.3, 0.4) is 0 Å². The van der Waals surface area contributed by atoms with Gasteiger partial charge in [-0.3, -0.25) is 0 Å². The smallest absolute Gasteiger partial charge is 0.164 e. The lowest BCUT2D eigenvalue weighted by atomic mass is 9.93. The second kappa shape index (κ2) is 13.3. The van der Waals surface area contributed by atoms with Crippen molar-refractivity contribution in [1.29, 1.82) is 0 Å². The first-order valence-corrected chi connectivity index (χ1v) is 19.5. The fourth-order valence-electron chi connectivity index (χ4n) is 7.97. The van der Waals surface area contributed by atoms with Gasteiger partial charge in [-0.25, -0.2) is 15.0 Å². The van der Waals surface area contributed by atoms with Crippen molar-refractivity contribution in [3.63, 3.8) is 0 Å². The van der Waals surface area contributed by atoms with E-state index in [0.29, 0.717) is 17.5 Å². The van der Waals surface area contributed by atoms with Crippen molar-refractivity contribution in [1.82, 2.24) is 15.0 Å². The van der Waals surface area contributed by atoms with Crippen molar-refractivity contribution < 1.29 is 4.42 Å². The molecule has 0 saturated carbocycles. The third-order valence-corrected chi connectivity index (χ3v) is 11.7. The summed E-state index contributed by atoms with van der Waals surface area (Å²) >= 11 is 1.79. The number of furan rings is 1. The molecule has 0 spiro atoms. The van der Waals surface area contributed by atoms with E-state index >= 15 is 0 Å². The van der Waals surface area contributed by atoms with Gasteiger partial charge in [0.1, 0.15) is 11.2 Å². The molecule has 262 valence electrons. The van der Waals surface area contributed by atoms with Crippen molar-refractivity contribution >= 4 is 53.4 Å². The molecule has 0 bridgehead atoms. The third kappa shape index (κ3) is 5.48. The zero-order chi connectivity index (χ0) is 37.0. The number of thiophene rings is 1. The Morgan fingerprint density at radius 1 is 0.321 bits per heavy atom. The van der Waals surface area contributed by atoms with Gasteiger partial charge in [0.2, 0.25) is 0 Å². The Morgan fingerprint density at radius 3 is 1.73 bits per heavy atom. The largest absolute Gasteiger partial charge is 0.456 e. The number of fused-ring (bicyclic) bond motifs is 6. The standard InChI is InChI=1S/C51H31N3OS/c1-3-14-32(15-4-1)37-20-7-8-21-38(37)35-28-29-43-42(31-35)47-39(23-12-25-44(47)55-43)34-18-11-19-36(30-34)50-52-49(33-16-5-2-6-17-33)53-51(54-50)41-24-13-27-46-48(41)40-22-9-10-26-45(40)56-46/h1-31H. The van der Waals surface area contributed by atoms with Gasteiger partial charge in [0, 0.05) is 47.6 Å². The molecule has 0 N–H and O–H groups in total. The van der Waals surface area contributed by atoms with Gasteiger partial charge >= 0.3 is 0 Å². The van der Waals surface area contributed by atoms with Crippen LogP contribution in [0, 0.1) is 0 Å². The van der Waals surface area contributed by atoms with E-state index < -0.39 is 0 Å². The molecule has 11 rings (SSSR count). The summed E-state index contributed by atoms with van der Waals surface area (Å²) in [4.78, 5) is 15.4. The highest BCUT2D eigenvalue weighted by Gasteiger charge is 2.19. The van der Waals surface area contributed by atoms with Gasteiger partial charge in [0.05, 0.1) is 0 Å². The minimum absolute atomic E-state index is 0.622. The van der Waals surface area contributed by atoms with Gasteiger partial charge in [-0.1, -0.05) is 152 Å². The highest BCUT2D eigenvalue weighted by molar-refractivity contribution is 7.25. The Balaban J connectivity index is 1.07. The molecule has 8 aromatic carbocycles. The maximum absolute atomic E-state index is 6.49. The fourth-order valence-corrected chi connectivity index (χ4v) is 9.10. The first kappa shape index (κ1) is 32.2. The van der Waals surface area contributed by atoms with Crippen LogP contribution in [0.25, 0.3) is 110 Å². The molecular formula is C51H31N3OS. The minimum Gasteiger partial charge on any atom is -0.456 e. The van der Waals surface area contributed by atoms with Gasteiger partial charge in [-0.2, -0.15) is 0 Å². The predicted octanol–water partition coefficient (Wildman–Crippen LogP) is 14.1. The summed E-state index contributed by atoms with van der Waals surface area (Å²) in [6, 6.07) is 65.6. The van der Waals surface area contributed by atoms with Crippen LogP contribution < -0.4 is 0 Å². The molecule has 0 radical (unpaired) electrons. The Kier molecular flexibility index (Phi) is 7.64. The lowest BCUT2D eigenvalue weighted by Crippen LogP contribution is -2.00. The minimum atomic E-state index is 0.622. The van der Waals surface area contributed by atoms with Crippen molar-refractivity contribution in [2.24, 2.45) is 0 Å². The van der Waals surface area contributed by atoms with Crippen LogP contribution in [0.2, 0.25) is 0 Å². The van der Waals surface area contributed by atoms with Gasteiger partial charge in [0.15, 0.2) is 17.5 Å². The van der Waals surface area contributed by atoms with Crippen molar-refractivity contribution in [2.45, 2.75) is 0 Å². The molecule has 0 amide bonds. The number of aromatic nitrogens is 3. The second-order valence-corrected chi connectivity index (χ2v) is 15.0. The number of hydrogen-bond donors (Lipinski definition) is 0. The molecule has 0 aliphatic heterocycles. The van der Waals surface area contributed by atoms with E-state index in [2.05, 4.69) is 170 Å². The molecule has 3 aromatic heterocycles. The summed E-state index contributed by atoms with van der Waals surface area (Å²) in [7, 11) is 0. The van der Waals surface area contributed by atoms with Crippen molar-refractivity contribution in [3.8, 4) is 67.5 Å². The second-order valence-electron chi connectivity index (χ2n) is 13.9. The summed E-state index contributed by atoms with van der Waals surface area (Å²) in [5.74, 6) is 1.91. The van der Waals surface area contributed by atoms with Crippen LogP contribution >= 0.6 is 11.3 Å². The molecular weight excluding hydrogens is 703 g/mol. The van der Waals surface area contributed by atoms with Gasteiger partial charge in [-0.15, -0.1) is 11.3 Å². The van der Waals surface area contributed by atoms with Gasteiger partial charge < -0.3 is 4.42 Å². The van der Waals surface area contributed by atoms with E-state index in [1.165, 1.54) is 36.9 Å². The summed E-state index contributed by atoms with van der Waals surface area (Å²) in [6.07, 6.45) is 0. The molecule has 56 heavy (non-hydrogen) atoms. The molecule has 0 aliphatic rings. The van der Waals surface area contributed by atoms with E-state index in [0.717, 1.165) is 55.3 Å². The first-order chi connectivity index (χ1) is 27.7. The van der Waals surface area contributed by atoms with Crippen LogP contribution in [0.4, 0.5) is 0 Å². The summed E-state index contributed by atoms with van der Waals surface area (Å²) in [6.45, 7) is 0. The van der Waals surface area contributed by atoms with Crippen LogP contribution in [-0.2, 0) is 0 Å². The van der Waals surface area contributed by atoms with Crippen LogP contribution in [0.5, 0.6) is 0 Å². The SMILES string of the molecule is c1ccc(-c2nc(-c3cccc(-c4cccc5oc6ccc(-c7ccccc7-c7ccccc7)cc6c45)c3)nc(-c3cccc4sc5ccccc5c34)n2)cc1. The van der Waals surface area contributed by atoms with Gasteiger partial charge in [-0.05, 0) is 69.8 Å². The average Bonchev–Trinajstić information content (AvgIpc) is 3.85. The Hall–Kier alpha value is -7.21. The normalized spacial score (nSPS) is 11.6. The van der Waals surface area contributed by atoms with E-state index in [1.807, 2.05) is 18.2 Å². The Labute approximate surface area is 327 Å². The molecule has 0 aliphatic carbocycles. The van der Waals surface area contributed by atoms with Crippen molar-refractivity contribution in [2.75, 3.05) is 0 Å². The molecule has 11 aromatic rings. The summed E-state index contributed by atoms with van der Waals surface area (Å²) in [5.41, 5.74) is 11.4. The lowest BCUT2D eigenvalue weighted by molar-refractivity contribution is 0.669. The summed E-state index contributed by atoms with van der Waals surface area (Å²) < 4.78 is 8.95. The molecule has 0 atom stereocenters. The first-order valence-electron chi connectivity index (χ1n) is 18.7. The van der Waals surface area contributed by atoms with E-state index in [1.54, 1.807) is 11.3 Å². The molecule has 3 heterocycles. The predicted molar refractivity (Wildman–Crippen MR) is 233 cm³/mol. The van der Waals surface area contributed by atoms with E-state index in [9.17, 15) is 0 Å². The molecule has 0 fully saturated rings. The van der Waals surface area contributed by atoms with Crippen LogP contribution in [0.15, 0.2) is 192 Å². The number of benzene rings is 8. The molecule has 5 heteroatoms. The van der Waals surface area contributed by atoms with Crippen LogP contribution in [0.1, 0.15) is 0 Å². The zero-order valence-corrected chi connectivity index (χ0v) is 30.9. The molecule has 0 unspecified atom stereocenters. The topological polar surface area (TPSA) is 51.8 Å². The van der Waals surface area contributed by atoms with Crippen molar-refractivity contribution in [3.05, 3.63) is 188 Å². The average molecular weight is 734 g/mol. The zero-order valence-electron chi connectivity index (χ0n) is 30.1. The Morgan fingerprint density at radius 2 is 0.893 bits per heavy atom. The Bertz CT molecular complexity index is 3260. The monoisotopic (exact) mass is 733 g/mol. The highest BCUT2D eigenvalue weighted by Crippen LogP contribution is 2.42. The number of nitrogens with zero attached hydrogens (tertiary/aromatic N) is 3. The lowest BCUT2D eigenvalue weighted by Gasteiger charge is -2.11. The maximum atomic E-state index is 6.49. The highest BCUT2D eigenvalue weighted by atomic mass is 32.1. The van der Waals surface area contributed by atoms with E-state index in [-0.39, 0.29) is 0 Å². The fraction of sp³-hybridized carbons (Fsp3) is 0. The van der Waals surface area contributed by atoms with E-state index in [4.69, 9.17) is 19.4 Å². The third-order valence-electron chi connectivity index (χ3n) is 10.6. The van der Waals surface area contributed by atoms with Crippen LogP contribution in [-0.4, -0.2) is 15.0 Å². The van der Waals surface area contributed by atoms with Gasteiger partial charge in [0.25, 0.3) is 0 Å². The molecule has 4 nitrogen and oxygen atoms in total. The number of rotatable bonds is 6. The quantitative estimate of drug-likeness (QED) is 0.171. The molecule has 0 saturated heterocycles. The maximum Gasteiger partial charge on any atom is 0.164 e. The summed E-state index contributed by atoms with van der Waals surface area (Å²) in [5, 5.41) is 4.53. The number of hydrogen-bond acceptors (Lipinski definition) is 5.